The van der Waals surface area contributed by atoms with E-state index in [4.69, 9.17) is 14.2 Å². The molecule has 8 nitrogen and oxygen atoms in total. The summed E-state index contributed by atoms with van der Waals surface area (Å²) in [6.07, 6.45) is 1.06. The van der Waals surface area contributed by atoms with Crippen LogP contribution in [0.4, 0.5) is 0 Å². The highest BCUT2D eigenvalue weighted by molar-refractivity contribution is 5.90. The summed E-state index contributed by atoms with van der Waals surface area (Å²) in [5.74, 6) is -1.73. The van der Waals surface area contributed by atoms with E-state index in [0.29, 0.717) is 18.4 Å². The first-order chi connectivity index (χ1) is 15.6. The smallest absolute Gasteiger partial charge is 0.303 e. The fourth-order valence-corrected chi connectivity index (χ4v) is 5.48. The van der Waals surface area contributed by atoms with Gasteiger partial charge in [0, 0.05) is 39.0 Å². The van der Waals surface area contributed by atoms with Gasteiger partial charge in [0.1, 0.15) is 24.6 Å². The molecule has 0 amide bonds. The summed E-state index contributed by atoms with van der Waals surface area (Å²) in [6, 6.07) is 0. The molecule has 0 bridgehead atoms. The Balaban J connectivity index is 2.78. The van der Waals surface area contributed by atoms with E-state index in [2.05, 4.69) is 6.58 Å². The predicted molar refractivity (Wildman–Crippen MR) is 124 cm³/mol. The minimum atomic E-state index is -1.30. The van der Waals surface area contributed by atoms with Gasteiger partial charge in [-0.2, -0.15) is 0 Å². The topological polar surface area (TPSA) is 116 Å². The fourth-order valence-electron chi connectivity index (χ4n) is 5.48. The summed E-state index contributed by atoms with van der Waals surface area (Å²) in [7, 11) is 0. The third-order valence-electron chi connectivity index (χ3n) is 7.59. The summed E-state index contributed by atoms with van der Waals surface area (Å²) >= 11 is 0. The van der Waals surface area contributed by atoms with Crippen molar-refractivity contribution in [2.24, 2.45) is 16.7 Å². The lowest BCUT2D eigenvalue weighted by Crippen LogP contribution is -2.55. The van der Waals surface area contributed by atoms with Gasteiger partial charge in [-0.05, 0) is 38.2 Å². The van der Waals surface area contributed by atoms with Gasteiger partial charge in [0.05, 0.1) is 11.0 Å². The van der Waals surface area contributed by atoms with Crippen LogP contribution in [0.15, 0.2) is 23.8 Å². The molecule has 2 aliphatic carbocycles. The van der Waals surface area contributed by atoms with Gasteiger partial charge in [-0.15, -0.1) is 6.58 Å². The Labute approximate surface area is 201 Å². The highest BCUT2D eigenvalue weighted by Gasteiger charge is 2.57. The van der Waals surface area contributed by atoms with Crippen molar-refractivity contribution in [2.45, 2.75) is 92.0 Å². The number of ether oxygens (including phenoxy) is 3. The fraction of sp³-hybridized carbons (Fsp3) is 0.692. The first kappa shape index (κ1) is 27.8. The minimum absolute atomic E-state index is 0.0978. The second-order valence-corrected chi connectivity index (χ2v) is 10.3. The Bertz CT molecular complexity index is 900. The Kier molecular flexibility index (Phi) is 8.18. The van der Waals surface area contributed by atoms with Crippen molar-refractivity contribution in [3.63, 3.8) is 0 Å². The van der Waals surface area contributed by atoms with E-state index >= 15 is 0 Å². The van der Waals surface area contributed by atoms with Crippen LogP contribution in [-0.4, -0.2) is 53.2 Å². The van der Waals surface area contributed by atoms with Gasteiger partial charge >= 0.3 is 17.9 Å². The average molecular weight is 479 g/mol. The van der Waals surface area contributed by atoms with Crippen LogP contribution in [0.5, 0.6) is 0 Å². The molecule has 0 aliphatic heterocycles. The molecule has 6 atom stereocenters. The van der Waals surface area contributed by atoms with Crippen LogP contribution in [0, 0.1) is 16.7 Å². The molecule has 0 saturated carbocycles. The van der Waals surface area contributed by atoms with Crippen LogP contribution in [0.2, 0.25) is 0 Å². The van der Waals surface area contributed by atoms with Gasteiger partial charge in [0.2, 0.25) is 0 Å². The van der Waals surface area contributed by atoms with E-state index in [-0.39, 0.29) is 31.1 Å². The number of esters is 3. The maximum Gasteiger partial charge on any atom is 0.303 e. The number of carbonyl (C=O) groups is 4. The van der Waals surface area contributed by atoms with Crippen molar-refractivity contribution in [1.82, 2.24) is 0 Å². The standard InChI is InChI=1S/C26H38O8/c1-9-24(6,31)13-22(34-18(5)29)26(8)15(2)12-20(33-17(4)28)23-19(26)10-11-21(30)25(23,7)14-32-16(3)27/h9,15,20,22,31H,1,10-14H2,2-8H3/t15-,20+,22?,24?,25-,26-/m0/s1. The van der Waals surface area contributed by atoms with Crippen LogP contribution in [0.25, 0.3) is 0 Å². The molecule has 2 unspecified atom stereocenters. The van der Waals surface area contributed by atoms with Crippen LogP contribution in [-0.2, 0) is 33.4 Å². The Morgan fingerprint density at radius 3 is 2.29 bits per heavy atom. The molecule has 0 heterocycles. The number of rotatable bonds is 8. The largest absolute Gasteiger partial charge is 0.464 e. The predicted octanol–water partition coefficient (Wildman–Crippen LogP) is 3.45. The van der Waals surface area contributed by atoms with E-state index in [1.54, 1.807) is 13.8 Å². The Hall–Kier alpha value is -2.48. The molecule has 0 fully saturated rings. The molecule has 0 saturated heterocycles. The summed E-state index contributed by atoms with van der Waals surface area (Å²) in [6.45, 7) is 14.7. The summed E-state index contributed by atoms with van der Waals surface area (Å²) in [5, 5.41) is 10.8. The number of carbonyl (C=O) groups excluding carboxylic acids is 4. The van der Waals surface area contributed by atoms with Gasteiger partial charge in [-0.1, -0.05) is 25.5 Å². The van der Waals surface area contributed by atoms with Crippen molar-refractivity contribution in [3.8, 4) is 0 Å². The van der Waals surface area contributed by atoms with E-state index in [1.807, 2.05) is 13.8 Å². The number of ketones is 1. The van der Waals surface area contributed by atoms with Crippen LogP contribution < -0.4 is 0 Å². The molecule has 190 valence electrons. The highest BCUT2D eigenvalue weighted by Crippen LogP contribution is 2.57. The number of hydrogen-bond acceptors (Lipinski definition) is 8. The number of Topliss-reactive ketones (excluding diaryl/α,β-unsaturated/α-hetero) is 1. The molecule has 0 spiro atoms. The Morgan fingerprint density at radius 2 is 1.79 bits per heavy atom. The summed E-state index contributed by atoms with van der Waals surface area (Å²) in [4.78, 5) is 49.0. The van der Waals surface area contributed by atoms with E-state index < -0.39 is 46.5 Å². The van der Waals surface area contributed by atoms with Gasteiger partial charge in [0.15, 0.2) is 0 Å². The second-order valence-electron chi connectivity index (χ2n) is 10.3. The summed E-state index contributed by atoms with van der Waals surface area (Å²) < 4.78 is 16.8. The van der Waals surface area contributed by atoms with E-state index in [9.17, 15) is 24.3 Å². The monoisotopic (exact) mass is 478 g/mol. The molecule has 2 rings (SSSR count). The van der Waals surface area contributed by atoms with E-state index in [1.165, 1.54) is 26.8 Å². The molecule has 0 radical (unpaired) electrons. The van der Waals surface area contributed by atoms with Crippen molar-refractivity contribution in [3.05, 3.63) is 23.8 Å². The van der Waals surface area contributed by atoms with Gasteiger partial charge in [-0.25, -0.2) is 0 Å². The van der Waals surface area contributed by atoms with Crippen LogP contribution in [0.1, 0.15) is 74.1 Å². The molecule has 34 heavy (non-hydrogen) atoms. The lowest BCUT2D eigenvalue weighted by molar-refractivity contribution is -0.162. The van der Waals surface area contributed by atoms with E-state index in [0.717, 1.165) is 5.57 Å². The normalized spacial score (nSPS) is 31.6. The molecule has 0 aromatic carbocycles. The molecule has 0 aromatic heterocycles. The maximum atomic E-state index is 13.2. The third kappa shape index (κ3) is 5.43. The van der Waals surface area contributed by atoms with Gasteiger partial charge < -0.3 is 19.3 Å². The number of hydrogen-bond donors (Lipinski definition) is 1. The lowest BCUT2D eigenvalue weighted by atomic mass is 9.53. The molecule has 8 heteroatoms. The van der Waals surface area contributed by atoms with Crippen LogP contribution in [0.3, 0.4) is 0 Å². The quantitative estimate of drug-likeness (QED) is 0.320. The SMILES string of the molecule is C=CC(C)(O)CC(OC(C)=O)[C@]1(C)C2=C([C@H](OC(C)=O)C[C@@H]1C)[C@@](C)(COC(C)=O)C(=O)CC2. The minimum Gasteiger partial charge on any atom is -0.464 e. The average Bonchev–Trinajstić information content (AvgIpc) is 2.71. The summed E-state index contributed by atoms with van der Waals surface area (Å²) in [5.41, 5.74) is -1.82. The molecular weight excluding hydrogens is 440 g/mol. The molecule has 0 aromatic rings. The maximum absolute atomic E-state index is 13.2. The molecular formula is C26H38O8. The second kappa shape index (κ2) is 10.0. The van der Waals surface area contributed by atoms with Crippen molar-refractivity contribution >= 4 is 23.7 Å². The first-order valence-electron chi connectivity index (χ1n) is 11.7. The van der Waals surface area contributed by atoms with Crippen molar-refractivity contribution in [2.75, 3.05) is 6.61 Å². The van der Waals surface area contributed by atoms with Crippen molar-refractivity contribution in [1.29, 1.82) is 0 Å². The van der Waals surface area contributed by atoms with Gasteiger partial charge in [-0.3, -0.25) is 19.2 Å². The Morgan fingerprint density at radius 1 is 1.18 bits per heavy atom. The lowest BCUT2D eigenvalue weighted by Gasteiger charge is -2.54. The zero-order valence-electron chi connectivity index (χ0n) is 21.4. The zero-order chi connectivity index (χ0) is 26.1. The highest BCUT2D eigenvalue weighted by atomic mass is 16.6. The first-order valence-corrected chi connectivity index (χ1v) is 11.7. The van der Waals surface area contributed by atoms with Gasteiger partial charge in [0.25, 0.3) is 0 Å². The zero-order valence-corrected chi connectivity index (χ0v) is 21.4. The third-order valence-corrected chi connectivity index (χ3v) is 7.59. The molecule has 2 aliphatic rings. The number of aliphatic hydroxyl groups is 1. The molecule has 1 N–H and O–H groups in total. The van der Waals surface area contributed by atoms with Crippen molar-refractivity contribution < 1.29 is 38.5 Å². The van der Waals surface area contributed by atoms with Crippen LogP contribution >= 0.6 is 0 Å².